The van der Waals surface area contributed by atoms with E-state index in [9.17, 15) is 0 Å². The smallest absolute Gasteiger partial charge is 0.217 e. The molecule has 0 bridgehead atoms. The number of hydrogen-bond donors (Lipinski definition) is 0. The van der Waals surface area contributed by atoms with Gasteiger partial charge in [-0.05, 0) is 42.5 Å². The van der Waals surface area contributed by atoms with E-state index in [2.05, 4.69) is 0 Å². The SMILES string of the molecule is COc1cccc(C2=NN3C(C2)c2cc(Cl)ccc2OC3c2ccc(OC)cc2OC)c1. The Kier molecular flexibility index (Phi) is 5.31. The summed E-state index contributed by atoms with van der Waals surface area (Å²) in [5.74, 6) is 2.98. The highest BCUT2D eigenvalue weighted by Gasteiger charge is 2.42. The van der Waals surface area contributed by atoms with Gasteiger partial charge in [-0.3, -0.25) is 0 Å². The predicted octanol–water partition coefficient (Wildman–Crippen LogP) is 5.61. The molecule has 32 heavy (non-hydrogen) atoms. The van der Waals surface area contributed by atoms with Crippen molar-refractivity contribution in [3.8, 4) is 23.0 Å². The zero-order chi connectivity index (χ0) is 22.2. The van der Waals surface area contributed by atoms with E-state index in [1.54, 1.807) is 21.3 Å². The van der Waals surface area contributed by atoms with Crippen LogP contribution in [0.15, 0.2) is 65.8 Å². The average Bonchev–Trinajstić information content (AvgIpc) is 3.29. The van der Waals surface area contributed by atoms with E-state index in [0.717, 1.165) is 40.3 Å². The van der Waals surface area contributed by atoms with E-state index in [1.165, 1.54) is 0 Å². The first-order chi connectivity index (χ1) is 15.6. The Bertz CT molecular complexity index is 1200. The molecule has 7 heteroatoms. The summed E-state index contributed by atoms with van der Waals surface area (Å²) in [6.45, 7) is 0. The number of fused-ring (bicyclic) bond motifs is 3. The van der Waals surface area contributed by atoms with Gasteiger partial charge in [0.2, 0.25) is 6.23 Å². The van der Waals surface area contributed by atoms with E-state index in [-0.39, 0.29) is 6.04 Å². The van der Waals surface area contributed by atoms with Gasteiger partial charge in [0.25, 0.3) is 0 Å². The van der Waals surface area contributed by atoms with E-state index < -0.39 is 6.23 Å². The number of hydrazone groups is 1. The molecule has 2 aliphatic heterocycles. The van der Waals surface area contributed by atoms with E-state index in [0.29, 0.717) is 16.5 Å². The topological polar surface area (TPSA) is 52.5 Å². The molecule has 0 fully saturated rings. The standard InChI is InChI=1S/C25H23ClN2O4/c1-29-17-6-4-5-15(11-17)21-14-22-20-12-16(26)7-10-23(20)32-25(28(22)27-21)19-9-8-18(30-2)13-24(19)31-3/h4-13,22,25H,14H2,1-3H3. The van der Waals surface area contributed by atoms with Crippen LogP contribution in [0.2, 0.25) is 5.02 Å². The fourth-order valence-corrected chi connectivity index (χ4v) is 4.44. The number of hydrogen-bond acceptors (Lipinski definition) is 6. The lowest BCUT2D eigenvalue weighted by Gasteiger charge is -2.38. The second-order valence-electron chi connectivity index (χ2n) is 7.64. The molecule has 0 aromatic heterocycles. The zero-order valence-electron chi connectivity index (χ0n) is 18.0. The number of methoxy groups -OCH3 is 3. The minimum atomic E-state index is -0.461. The quantitative estimate of drug-likeness (QED) is 0.505. The van der Waals surface area contributed by atoms with Gasteiger partial charge >= 0.3 is 0 Å². The largest absolute Gasteiger partial charge is 0.497 e. The number of rotatable bonds is 5. The molecule has 2 aliphatic rings. The molecule has 0 amide bonds. The number of ether oxygens (including phenoxy) is 4. The Morgan fingerprint density at radius 1 is 0.906 bits per heavy atom. The van der Waals surface area contributed by atoms with Crippen LogP contribution in [-0.4, -0.2) is 32.0 Å². The molecular weight excluding hydrogens is 428 g/mol. The first-order valence-corrected chi connectivity index (χ1v) is 10.7. The highest BCUT2D eigenvalue weighted by atomic mass is 35.5. The molecule has 2 unspecified atom stereocenters. The summed E-state index contributed by atoms with van der Waals surface area (Å²) in [5.41, 5.74) is 3.86. The molecule has 164 valence electrons. The van der Waals surface area contributed by atoms with Gasteiger partial charge in [0.05, 0.1) is 38.6 Å². The fraction of sp³-hybridized carbons (Fsp3) is 0.240. The average molecular weight is 451 g/mol. The second-order valence-corrected chi connectivity index (χ2v) is 8.08. The van der Waals surface area contributed by atoms with Crippen LogP contribution in [0.1, 0.15) is 35.4 Å². The Morgan fingerprint density at radius 3 is 2.50 bits per heavy atom. The van der Waals surface area contributed by atoms with Crippen molar-refractivity contribution < 1.29 is 18.9 Å². The van der Waals surface area contributed by atoms with Crippen LogP contribution in [0.25, 0.3) is 0 Å². The minimum Gasteiger partial charge on any atom is -0.497 e. The van der Waals surface area contributed by atoms with Gasteiger partial charge in [-0.25, -0.2) is 5.01 Å². The lowest BCUT2D eigenvalue weighted by molar-refractivity contribution is -0.0203. The molecule has 0 spiro atoms. The molecule has 3 aromatic carbocycles. The molecule has 0 N–H and O–H groups in total. The third-order valence-corrected chi connectivity index (χ3v) is 6.10. The highest BCUT2D eigenvalue weighted by molar-refractivity contribution is 6.30. The van der Waals surface area contributed by atoms with Crippen LogP contribution in [0.4, 0.5) is 0 Å². The Labute approximate surface area is 191 Å². The van der Waals surface area contributed by atoms with Crippen molar-refractivity contribution in [2.24, 2.45) is 5.10 Å². The van der Waals surface area contributed by atoms with Crippen molar-refractivity contribution in [3.05, 3.63) is 82.4 Å². The van der Waals surface area contributed by atoms with Gasteiger partial charge in [0, 0.05) is 28.6 Å². The maximum absolute atomic E-state index is 6.45. The lowest BCUT2D eigenvalue weighted by atomic mass is 9.95. The van der Waals surface area contributed by atoms with Crippen molar-refractivity contribution in [1.29, 1.82) is 0 Å². The highest BCUT2D eigenvalue weighted by Crippen LogP contribution is 2.49. The van der Waals surface area contributed by atoms with Crippen molar-refractivity contribution in [2.75, 3.05) is 21.3 Å². The molecule has 2 atom stereocenters. The van der Waals surface area contributed by atoms with Crippen LogP contribution in [0, 0.1) is 0 Å². The molecular formula is C25H23ClN2O4. The summed E-state index contributed by atoms with van der Waals surface area (Å²) in [7, 11) is 4.94. The molecule has 2 heterocycles. The Hall–Kier alpha value is -3.38. The summed E-state index contributed by atoms with van der Waals surface area (Å²) in [6.07, 6.45) is 0.261. The fourth-order valence-electron chi connectivity index (χ4n) is 4.26. The van der Waals surface area contributed by atoms with Crippen LogP contribution in [-0.2, 0) is 0 Å². The van der Waals surface area contributed by atoms with Crippen LogP contribution >= 0.6 is 11.6 Å². The molecule has 6 nitrogen and oxygen atoms in total. The van der Waals surface area contributed by atoms with E-state index >= 15 is 0 Å². The van der Waals surface area contributed by atoms with Crippen LogP contribution in [0.5, 0.6) is 23.0 Å². The normalized spacial score (nSPS) is 18.9. The van der Waals surface area contributed by atoms with Gasteiger partial charge in [0.15, 0.2) is 0 Å². The molecule has 5 rings (SSSR count). The first kappa shape index (κ1) is 20.5. The molecule has 0 saturated carbocycles. The summed E-state index contributed by atoms with van der Waals surface area (Å²) < 4.78 is 22.9. The van der Waals surface area contributed by atoms with Crippen LogP contribution in [0.3, 0.4) is 0 Å². The maximum Gasteiger partial charge on any atom is 0.217 e. The molecule has 0 radical (unpaired) electrons. The zero-order valence-corrected chi connectivity index (χ0v) is 18.8. The number of nitrogens with zero attached hydrogens (tertiary/aromatic N) is 2. The second kappa shape index (κ2) is 8.28. The predicted molar refractivity (Wildman–Crippen MR) is 123 cm³/mol. The van der Waals surface area contributed by atoms with Gasteiger partial charge in [-0.2, -0.15) is 5.10 Å². The molecule has 0 saturated heterocycles. The van der Waals surface area contributed by atoms with Crippen molar-refractivity contribution in [2.45, 2.75) is 18.7 Å². The van der Waals surface area contributed by atoms with Crippen LogP contribution < -0.4 is 18.9 Å². The van der Waals surface area contributed by atoms with Gasteiger partial charge < -0.3 is 18.9 Å². The van der Waals surface area contributed by atoms with E-state index in [1.807, 2.05) is 65.7 Å². The monoisotopic (exact) mass is 450 g/mol. The Morgan fingerprint density at radius 2 is 1.72 bits per heavy atom. The van der Waals surface area contributed by atoms with Crippen molar-refractivity contribution in [1.82, 2.24) is 5.01 Å². The third kappa shape index (κ3) is 3.50. The summed E-state index contributed by atoms with van der Waals surface area (Å²) in [6, 6.07) is 19.4. The van der Waals surface area contributed by atoms with Crippen molar-refractivity contribution in [3.63, 3.8) is 0 Å². The summed E-state index contributed by atoms with van der Waals surface area (Å²) in [5, 5.41) is 7.67. The third-order valence-electron chi connectivity index (χ3n) is 5.86. The van der Waals surface area contributed by atoms with Gasteiger partial charge in [-0.1, -0.05) is 23.7 Å². The summed E-state index contributed by atoms with van der Waals surface area (Å²) >= 11 is 6.33. The maximum atomic E-state index is 6.45. The summed E-state index contributed by atoms with van der Waals surface area (Å²) in [4.78, 5) is 0. The van der Waals surface area contributed by atoms with Gasteiger partial charge in [-0.15, -0.1) is 0 Å². The minimum absolute atomic E-state index is 0.0181. The molecule has 0 aliphatic carbocycles. The number of benzene rings is 3. The molecule has 3 aromatic rings. The number of halogens is 1. The lowest BCUT2D eigenvalue weighted by Crippen LogP contribution is -2.34. The Balaban J connectivity index is 1.61. The van der Waals surface area contributed by atoms with Gasteiger partial charge in [0.1, 0.15) is 23.0 Å². The first-order valence-electron chi connectivity index (χ1n) is 10.3. The van der Waals surface area contributed by atoms with Crippen molar-refractivity contribution >= 4 is 17.3 Å². The van der Waals surface area contributed by atoms with E-state index in [4.69, 9.17) is 35.6 Å².